The van der Waals surface area contributed by atoms with E-state index >= 15 is 0 Å². The minimum atomic E-state index is -0.172. The van der Waals surface area contributed by atoms with Crippen molar-refractivity contribution in [2.24, 2.45) is 17.3 Å². The zero-order valence-electron chi connectivity index (χ0n) is 11.5. The van der Waals surface area contributed by atoms with Crippen LogP contribution >= 0.6 is 0 Å². The third kappa shape index (κ3) is 3.77. The van der Waals surface area contributed by atoms with Gasteiger partial charge >= 0.3 is 0 Å². The number of Topliss-reactive ketones (excluding diaryl/α,β-unsaturated/α-hetero) is 1. The van der Waals surface area contributed by atoms with Crippen molar-refractivity contribution in [1.82, 2.24) is 0 Å². The molecule has 0 heterocycles. The van der Waals surface area contributed by atoms with Crippen molar-refractivity contribution < 1.29 is 4.79 Å². The van der Waals surface area contributed by atoms with Crippen LogP contribution in [0.3, 0.4) is 0 Å². The second kappa shape index (κ2) is 5.16. The Kier molecular flexibility index (Phi) is 4.35. The molecule has 0 aromatic rings. The summed E-state index contributed by atoms with van der Waals surface area (Å²) in [5.41, 5.74) is 1.35. The minimum absolute atomic E-state index is 0.172. The van der Waals surface area contributed by atoms with Gasteiger partial charge in [0.25, 0.3) is 0 Å². The summed E-state index contributed by atoms with van der Waals surface area (Å²) in [5.74, 6) is 1.66. The largest absolute Gasteiger partial charge is 0.299 e. The molecule has 16 heavy (non-hydrogen) atoms. The summed E-state index contributed by atoms with van der Waals surface area (Å²) in [6, 6.07) is 0. The van der Waals surface area contributed by atoms with Gasteiger partial charge in [-0.25, -0.2) is 0 Å². The van der Waals surface area contributed by atoms with Gasteiger partial charge in [-0.05, 0) is 38.0 Å². The highest BCUT2D eigenvalue weighted by Crippen LogP contribution is 2.32. The molecule has 0 saturated carbocycles. The Morgan fingerprint density at radius 3 is 2.56 bits per heavy atom. The van der Waals surface area contributed by atoms with Crippen LogP contribution in [0.1, 0.15) is 60.3 Å². The number of carbonyl (C=O) groups excluding carboxylic acids is 1. The van der Waals surface area contributed by atoms with Gasteiger partial charge in [0.1, 0.15) is 5.78 Å². The molecular weight excluding hydrogens is 196 g/mol. The van der Waals surface area contributed by atoms with E-state index in [2.05, 4.69) is 19.9 Å². The molecule has 0 radical (unpaired) electrons. The lowest BCUT2D eigenvalue weighted by molar-refractivity contribution is -0.127. The summed E-state index contributed by atoms with van der Waals surface area (Å²) in [4.78, 5) is 12.0. The standard InChI is InChI=1S/C15H26O/c1-11-6-8-13(9-7-11)12(2)10-14(16)15(3,4)5/h6,12-13H,7-10H2,1-5H3. The Hall–Kier alpha value is -0.590. The topological polar surface area (TPSA) is 17.1 Å². The number of rotatable bonds is 3. The molecule has 1 aliphatic rings. The maximum absolute atomic E-state index is 12.0. The maximum atomic E-state index is 12.0. The molecule has 0 aliphatic heterocycles. The van der Waals surface area contributed by atoms with Gasteiger partial charge in [-0.1, -0.05) is 39.3 Å². The van der Waals surface area contributed by atoms with E-state index in [0.29, 0.717) is 11.7 Å². The average molecular weight is 222 g/mol. The molecule has 0 saturated heterocycles. The Labute approximate surface area is 100 Å². The van der Waals surface area contributed by atoms with Crippen molar-refractivity contribution in [3.63, 3.8) is 0 Å². The maximum Gasteiger partial charge on any atom is 0.138 e. The molecule has 0 amide bonds. The van der Waals surface area contributed by atoms with Crippen molar-refractivity contribution in [1.29, 1.82) is 0 Å². The molecule has 2 unspecified atom stereocenters. The summed E-state index contributed by atoms with van der Waals surface area (Å²) in [6.45, 7) is 10.5. The summed E-state index contributed by atoms with van der Waals surface area (Å²) in [7, 11) is 0. The molecule has 1 rings (SSSR count). The molecular formula is C15H26O. The van der Waals surface area contributed by atoms with Crippen LogP contribution in [-0.2, 0) is 4.79 Å². The van der Waals surface area contributed by atoms with Gasteiger partial charge in [0, 0.05) is 11.8 Å². The second-order valence-electron chi connectivity index (χ2n) is 6.44. The fourth-order valence-electron chi connectivity index (χ4n) is 2.27. The summed E-state index contributed by atoms with van der Waals surface area (Å²) < 4.78 is 0. The highest BCUT2D eigenvalue weighted by Gasteiger charge is 2.27. The zero-order chi connectivity index (χ0) is 12.3. The second-order valence-corrected chi connectivity index (χ2v) is 6.44. The van der Waals surface area contributed by atoms with Crippen LogP contribution < -0.4 is 0 Å². The van der Waals surface area contributed by atoms with Crippen molar-refractivity contribution >= 4 is 5.78 Å². The van der Waals surface area contributed by atoms with Crippen LogP contribution in [0.5, 0.6) is 0 Å². The molecule has 0 N–H and O–H groups in total. The van der Waals surface area contributed by atoms with Gasteiger partial charge < -0.3 is 0 Å². The first-order valence-electron chi connectivity index (χ1n) is 6.49. The Bertz CT molecular complexity index is 280. The SMILES string of the molecule is CC1=CCC(C(C)CC(=O)C(C)(C)C)CC1. The molecule has 0 bridgehead atoms. The molecule has 0 aromatic heterocycles. The average Bonchev–Trinajstić information content (AvgIpc) is 2.17. The predicted molar refractivity (Wildman–Crippen MR) is 69.3 cm³/mol. The Morgan fingerprint density at radius 2 is 2.12 bits per heavy atom. The first-order chi connectivity index (χ1) is 7.30. The molecule has 1 heteroatoms. The summed E-state index contributed by atoms with van der Waals surface area (Å²) in [6.07, 6.45) is 6.76. The first-order valence-corrected chi connectivity index (χ1v) is 6.49. The Morgan fingerprint density at radius 1 is 1.50 bits per heavy atom. The normalized spacial score (nSPS) is 23.8. The van der Waals surface area contributed by atoms with Crippen LogP contribution in [0, 0.1) is 17.3 Å². The summed E-state index contributed by atoms with van der Waals surface area (Å²) in [5, 5.41) is 0. The third-order valence-corrected chi connectivity index (χ3v) is 3.83. The van der Waals surface area contributed by atoms with E-state index in [0.717, 1.165) is 12.3 Å². The smallest absolute Gasteiger partial charge is 0.138 e. The minimum Gasteiger partial charge on any atom is -0.299 e. The molecule has 0 aromatic carbocycles. The van der Waals surface area contributed by atoms with E-state index in [4.69, 9.17) is 0 Å². The third-order valence-electron chi connectivity index (χ3n) is 3.83. The van der Waals surface area contributed by atoms with Gasteiger partial charge in [-0.15, -0.1) is 0 Å². The molecule has 2 atom stereocenters. The Balaban J connectivity index is 2.47. The van der Waals surface area contributed by atoms with Gasteiger partial charge in [0.2, 0.25) is 0 Å². The van der Waals surface area contributed by atoms with Crippen LogP contribution in [0.2, 0.25) is 0 Å². The van der Waals surface area contributed by atoms with Crippen LogP contribution in [-0.4, -0.2) is 5.78 Å². The van der Waals surface area contributed by atoms with Gasteiger partial charge in [0.15, 0.2) is 0 Å². The lowest BCUT2D eigenvalue weighted by atomic mass is 9.76. The summed E-state index contributed by atoms with van der Waals surface area (Å²) >= 11 is 0. The molecule has 1 nitrogen and oxygen atoms in total. The molecule has 92 valence electrons. The van der Waals surface area contributed by atoms with Crippen molar-refractivity contribution in [2.45, 2.75) is 60.3 Å². The van der Waals surface area contributed by atoms with Crippen molar-refractivity contribution in [3.05, 3.63) is 11.6 Å². The van der Waals surface area contributed by atoms with Crippen LogP contribution in [0.15, 0.2) is 11.6 Å². The fraction of sp³-hybridized carbons (Fsp3) is 0.800. The highest BCUT2D eigenvalue weighted by atomic mass is 16.1. The van der Waals surface area contributed by atoms with Gasteiger partial charge in [0.05, 0.1) is 0 Å². The quantitative estimate of drug-likeness (QED) is 0.648. The van der Waals surface area contributed by atoms with E-state index in [-0.39, 0.29) is 5.41 Å². The van der Waals surface area contributed by atoms with E-state index < -0.39 is 0 Å². The van der Waals surface area contributed by atoms with E-state index in [1.54, 1.807) is 0 Å². The number of ketones is 1. The lowest BCUT2D eigenvalue weighted by Crippen LogP contribution is -2.25. The highest BCUT2D eigenvalue weighted by molar-refractivity contribution is 5.83. The lowest BCUT2D eigenvalue weighted by Gasteiger charge is -2.28. The number of hydrogen-bond donors (Lipinski definition) is 0. The van der Waals surface area contributed by atoms with Crippen LogP contribution in [0.4, 0.5) is 0 Å². The molecule has 0 fully saturated rings. The van der Waals surface area contributed by atoms with E-state index in [9.17, 15) is 4.79 Å². The molecule has 0 spiro atoms. The van der Waals surface area contributed by atoms with Crippen molar-refractivity contribution in [2.75, 3.05) is 0 Å². The first kappa shape index (κ1) is 13.5. The monoisotopic (exact) mass is 222 g/mol. The number of carbonyl (C=O) groups is 1. The van der Waals surface area contributed by atoms with Gasteiger partial charge in [-0.3, -0.25) is 4.79 Å². The number of allylic oxidation sites excluding steroid dienone is 2. The van der Waals surface area contributed by atoms with Crippen LogP contribution in [0.25, 0.3) is 0 Å². The van der Waals surface area contributed by atoms with E-state index in [1.807, 2.05) is 20.8 Å². The molecule has 1 aliphatic carbocycles. The predicted octanol–water partition coefficient (Wildman–Crippen LogP) is 4.37. The fourth-order valence-corrected chi connectivity index (χ4v) is 2.27. The van der Waals surface area contributed by atoms with Gasteiger partial charge in [-0.2, -0.15) is 0 Å². The van der Waals surface area contributed by atoms with Crippen molar-refractivity contribution in [3.8, 4) is 0 Å². The number of hydrogen-bond acceptors (Lipinski definition) is 1. The zero-order valence-corrected chi connectivity index (χ0v) is 11.5. The van der Waals surface area contributed by atoms with E-state index in [1.165, 1.54) is 24.8 Å².